The van der Waals surface area contributed by atoms with Gasteiger partial charge in [-0.15, -0.1) is 11.3 Å². The van der Waals surface area contributed by atoms with Crippen molar-refractivity contribution in [3.63, 3.8) is 0 Å². The molecule has 0 bridgehead atoms. The topological polar surface area (TPSA) is 56.3 Å². The molecule has 0 unspecified atom stereocenters. The average molecular weight is 323 g/mol. The van der Waals surface area contributed by atoms with Crippen LogP contribution in [0.4, 0.5) is 0 Å². The highest BCUT2D eigenvalue weighted by Gasteiger charge is 2.19. The third-order valence-corrected chi connectivity index (χ3v) is 5.34. The summed E-state index contributed by atoms with van der Waals surface area (Å²) in [5.74, 6) is 0.624. The summed E-state index contributed by atoms with van der Waals surface area (Å²) < 4.78 is 5.00. The summed E-state index contributed by atoms with van der Waals surface area (Å²) in [5, 5.41) is 0.731. The van der Waals surface area contributed by atoms with Crippen LogP contribution in [0.1, 0.15) is 72.2 Å². The summed E-state index contributed by atoms with van der Waals surface area (Å²) in [6, 6.07) is 0. The fourth-order valence-corrected chi connectivity index (χ4v) is 4.00. The summed E-state index contributed by atoms with van der Waals surface area (Å²) in [5.41, 5.74) is 0.665. The van der Waals surface area contributed by atoms with Crippen molar-refractivity contribution < 1.29 is 14.3 Å². The Morgan fingerprint density at radius 3 is 2.68 bits per heavy atom. The first kappa shape index (κ1) is 17.1. The van der Waals surface area contributed by atoms with E-state index in [4.69, 9.17) is 4.74 Å². The molecule has 0 saturated heterocycles. The number of nitrogens with zero attached hydrogens (tertiary/aromatic N) is 1. The van der Waals surface area contributed by atoms with Crippen molar-refractivity contribution in [3.05, 3.63) is 15.6 Å². The number of carbonyl (C=O) groups is 2. The lowest BCUT2D eigenvalue weighted by Gasteiger charge is -2.20. The second-order valence-electron chi connectivity index (χ2n) is 6.00. The third-order valence-electron chi connectivity index (χ3n) is 4.21. The van der Waals surface area contributed by atoms with E-state index in [0.29, 0.717) is 30.0 Å². The van der Waals surface area contributed by atoms with Crippen LogP contribution >= 0.6 is 11.3 Å². The minimum absolute atomic E-state index is 0.231. The van der Waals surface area contributed by atoms with Gasteiger partial charge in [-0.25, -0.2) is 9.78 Å². The zero-order valence-corrected chi connectivity index (χ0v) is 14.3. The number of aromatic nitrogens is 1. The Morgan fingerprint density at radius 2 is 2.00 bits per heavy atom. The molecular formula is C17H25NO3S. The van der Waals surface area contributed by atoms with E-state index in [0.717, 1.165) is 17.3 Å². The van der Waals surface area contributed by atoms with E-state index in [1.807, 2.05) is 0 Å². The Labute approximate surface area is 136 Å². The molecule has 0 aliphatic heterocycles. The fourth-order valence-electron chi connectivity index (χ4n) is 3.01. The molecule has 1 fully saturated rings. The molecule has 2 rings (SSSR count). The van der Waals surface area contributed by atoms with Gasteiger partial charge in [0.15, 0.2) is 0 Å². The smallest absolute Gasteiger partial charge is 0.350 e. The van der Waals surface area contributed by atoms with Crippen molar-refractivity contribution in [3.8, 4) is 0 Å². The molecular weight excluding hydrogens is 298 g/mol. The average Bonchev–Trinajstić information content (AvgIpc) is 2.87. The summed E-state index contributed by atoms with van der Waals surface area (Å²) in [6.07, 6.45) is 8.51. The van der Waals surface area contributed by atoms with Crippen molar-refractivity contribution >= 4 is 23.1 Å². The normalized spacial score (nSPS) is 15.7. The molecule has 0 aromatic carbocycles. The van der Waals surface area contributed by atoms with Gasteiger partial charge in [-0.3, -0.25) is 4.79 Å². The number of carbonyl (C=O) groups excluding carboxylic acids is 2. The maximum absolute atomic E-state index is 12.1. The zero-order valence-electron chi connectivity index (χ0n) is 13.5. The summed E-state index contributed by atoms with van der Waals surface area (Å²) in [7, 11) is 0. The SMILES string of the molecule is CCOC(=O)c1sc(CC(=O)CCC2CCCCC2)nc1C. The van der Waals surface area contributed by atoms with Crippen LogP contribution in [0.5, 0.6) is 0 Å². The van der Waals surface area contributed by atoms with Gasteiger partial charge in [0.05, 0.1) is 18.7 Å². The van der Waals surface area contributed by atoms with Crippen LogP contribution in [-0.4, -0.2) is 23.3 Å². The minimum Gasteiger partial charge on any atom is -0.462 e. The molecule has 1 aromatic heterocycles. The van der Waals surface area contributed by atoms with Crippen molar-refractivity contribution in [1.29, 1.82) is 0 Å². The number of rotatable bonds is 7. The number of Topliss-reactive ketones (excluding diaryl/α,β-unsaturated/α-hetero) is 1. The van der Waals surface area contributed by atoms with Crippen LogP contribution in [0.2, 0.25) is 0 Å². The lowest BCUT2D eigenvalue weighted by atomic mass is 9.85. The van der Waals surface area contributed by atoms with Crippen LogP contribution in [0.25, 0.3) is 0 Å². The highest BCUT2D eigenvalue weighted by Crippen LogP contribution is 2.28. The molecule has 0 spiro atoms. The molecule has 1 aliphatic rings. The maximum Gasteiger partial charge on any atom is 0.350 e. The number of aryl methyl sites for hydroxylation is 1. The maximum atomic E-state index is 12.1. The van der Waals surface area contributed by atoms with E-state index in [9.17, 15) is 9.59 Å². The fraction of sp³-hybridized carbons (Fsp3) is 0.706. The summed E-state index contributed by atoms with van der Waals surface area (Å²) in [6.45, 7) is 3.93. The molecule has 1 aromatic rings. The zero-order chi connectivity index (χ0) is 15.9. The van der Waals surface area contributed by atoms with Crippen LogP contribution in [-0.2, 0) is 16.0 Å². The van der Waals surface area contributed by atoms with Crippen molar-refractivity contribution in [1.82, 2.24) is 4.98 Å². The van der Waals surface area contributed by atoms with Crippen LogP contribution in [0.3, 0.4) is 0 Å². The van der Waals surface area contributed by atoms with E-state index >= 15 is 0 Å². The Bertz CT molecular complexity index is 518. The van der Waals surface area contributed by atoms with Gasteiger partial charge in [-0.05, 0) is 26.2 Å². The van der Waals surface area contributed by atoms with Gasteiger partial charge in [-0.2, -0.15) is 0 Å². The first-order chi connectivity index (χ1) is 10.6. The van der Waals surface area contributed by atoms with Gasteiger partial charge in [0.25, 0.3) is 0 Å². The number of hydrogen-bond acceptors (Lipinski definition) is 5. The summed E-state index contributed by atoms with van der Waals surface area (Å²) in [4.78, 5) is 28.8. The van der Waals surface area contributed by atoms with Gasteiger partial charge < -0.3 is 4.74 Å². The highest BCUT2D eigenvalue weighted by atomic mass is 32.1. The molecule has 122 valence electrons. The van der Waals surface area contributed by atoms with Crippen molar-refractivity contribution in [2.24, 2.45) is 5.92 Å². The standard InChI is InChI=1S/C17H25NO3S/c1-3-21-17(20)16-12(2)18-15(22-16)11-14(19)10-9-13-7-5-4-6-8-13/h13H,3-11H2,1-2H3. The van der Waals surface area contributed by atoms with Crippen LogP contribution in [0.15, 0.2) is 0 Å². The minimum atomic E-state index is -0.335. The molecule has 0 atom stereocenters. The Kier molecular flexibility index (Phi) is 6.55. The molecule has 22 heavy (non-hydrogen) atoms. The predicted molar refractivity (Wildman–Crippen MR) is 87.3 cm³/mol. The lowest BCUT2D eigenvalue weighted by Crippen LogP contribution is -2.10. The quantitative estimate of drug-likeness (QED) is 0.709. The Balaban J connectivity index is 1.83. The van der Waals surface area contributed by atoms with Gasteiger partial charge in [0, 0.05) is 6.42 Å². The number of ketones is 1. The van der Waals surface area contributed by atoms with Crippen LogP contribution in [0, 0.1) is 12.8 Å². The molecule has 0 radical (unpaired) electrons. The molecule has 5 heteroatoms. The molecule has 0 amide bonds. The second-order valence-corrected chi connectivity index (χ2v) is 7.08. The van der Waals surface area contributed by atoms with Gasteiger partial charge in [0.1, 0.15) is 15.7 Å². The Hall–Kier alpha value is -1.23. The number of esters is 1. The first-order valence-electron chi connectivity index (χ1n) is 8.25. The highest BCUT2D eigenvalue weighted by molar-refractivity contribution is 7.13. The van der Waals surface area contributed by atoms with E-state index in [2.05, 4.69) is 4.98 Å². The largest absolute Gasteiger partial charge is 0.462 e. The molecule has 1 heterocycles. The van der Waals surface area contributed by atoms with Gasteiger partial charge >= 0.3 is 5.97 Å². The number of ether oxygens (including phenoxy) is 1. The van der Waals surface area contributed by atoms with Crippen molar-refractivity contribution in [2.45, 2.75) is 65.2 Å². The van der Waals surface area contributed by atoms with E-state index in [1.54, 1.807) is 13.8 Å². The third kappa shape index (κ3) is 4.90. The molecule has 1 aliphatic carbocycles. The molecule has 0 N–H and O–H groups in total. The predicted octanol–water partition coefficient (Wildman–Crippen LogP) is 4.10. The van der Waals surface area contributed by atoms with E-state index in [-0.39, 0.29) is 11.8 Å². The monoisotopic (exact) mass is 323 g/mol. The van der Waals surface area contributed by atoms with Gasteiger partial charge in [0.2, 0.25) is 0 Å². The van der Waals surface area contributed by atoms with Crippen LogP contribution < -0.4 is 0 Å². The second kappa shape index (κ2) is 8.42. The molecule has 1 saturated carbocycles. The van der Waals surface area contributed by atoms with Crippen molar-refractivity contribution in [2.75, 3.05) is 6.61 Å². The number of hydrogen-bond donors (Lipinski definition) is 0. The number of thiazole rings is 1. The Morgan fingerprint density at radius 1 is 1.27 bits per heavy atom. The lowest BCUT2D eigenvalue weighted by molar-refractivity contribution is -0.118. The molecule has 4 nitrogen and oxygen atoms in total. The van der Waals surface area contributed by atoms with E-state index < -0.39 is 0 Å². The first-order valence-corrected chi connectivity index (χ1v) is 9.07. The van der Waals surface area contributed by atoms with E-state index in [1.165, 1.54) is 43.4 Å². The summed E-state index contributed by atoms with van der Waals surface area (Å²) >= 11 is 1.29. The van der Waals surface area contributed by atoms with Gasteiger partial charge in [-0.1, -0.05) is 32.1 Å².